The second-order valence-electron chi connectivity index (χ2n) is 4.34. The lowest BCUT2D eigenvalue weighted by Crippen LogP contribution is -2.34. The van der Waals surface area contributed by atoms with Crippen LogP contribution in [-0.2, 0) is 0 Å². The van der Waals surface area contributed by atoms with Gasteiger partial charge < -0.3 is 9.64 Å². The Kier molecular flexibility index (Phi) is 3.31. The van der Waals surface area contributed by atoms with E-state index in [4.69, 9.17) is 4.74 Å². The fraction of sp³-hybridized carbons (Fsp3) is 0.462. The second-order valence-corrected chi connectivity index (χ2v) is 4.34. The fourth-order valence-corrected chi connectivity index (χ4v) is 2.19. The normalized spacial score (nSPS) is 19.5. The van der Waals surface area contributed by atoms with Gasteiger partial charge in [-0.2, -0.15) is 0 Å². The zero-order chi connectivity index (χ0) is 12.4. The number of hydrogen-bond donors (Lipinski definition) is 0. The maximum Gasteiger partial charge on any atom is 0.257 e. The molecule has 1 aromatic rings. The van der Waals surface area contributed by atoms with Crippen LogP contribution in [0.1, 0.15) is 30.1 Å². The maximum absolute atomic E-state index is 13.7. The van der Waals surface area contributed by atoms with Crippen molar-refractivity contribution >= 4 is 5.91 Å². The van der Waals surface area contributed by atoms with Gasteiger partial charge in [0.05, 0.1) is 12.7 Å². The summed E-state index contributed by atoms with van der Waals surface area (Å²) < 4.78 is 18.7. The number of ether oxygens (including phenoxy) is 1. The van der Waals surface area contributed by atoms with Crippen LogP contribution < -0.4 is 4.74 Å². The van der Waals surface area contributed by atoms with Crippen LogP contribution in [0.3, 0.4) is 0 Å². The highest BCUT2D eigenvalue weighted by Crippen LogP contribution is 2.22. The van der Waals surface area contributed by atoms with Crippen LogP contribution in [0, 0.1) is 5.82 Å². The largest absolute Gasteiger partial charge is 0.497 e. The molecule has 1 saturated heterocycles. The van der Waals surface area contributed by atoms with E-state index >= 15 is 0 Å². The number of nitrogens with zero attached hydrogens (tertiary/aromatic N) is 1. The van der Waals surface area contributed by atoms with Gasteiger partial charge in [0.1, 0.15) is 11.6 Å². The number of carbonyl (C=O) groups is 1. The summed E-state index contributed by atoms with van der Waals surface area (Å²) in [5, 5.41) is 0. The highest BCUT2D eigenvalue weighted by atomic mass is 19.1. The van der Waals surface area contributed by atoms with Crippen molar-refractivity contribution in [2.75, 3.05) is 13.7 Å². The average Bonchev–Trinajstić information content (AvgIpc) is 2.74. The molecule has 0 aliphatic carbocycles. The zero-order valence-electron chi connectivity index (χ0n) is 10.1. The third-order valence-electron chi connectivity index (χ3n) is 3.22. The first-order chi connectivity index (χ1) is 8.13. The lowest BCUT2D eigenvalue weighted by molar-refractivity contribution is 0.0742. The molecule has 0 aromatic heterocycles. The molecule has 0 spiro atoms. The van der Waals surface area contributed by atoms with Crippen LogP contribution in [0.5, 0.6) is 5.75 Å². The molecule has 92 valence electrons. The molecule has 1 unspecified atom stereocenters. The molecule has 0 radical (unpaired) electrons. The Morgan fingerprint density at radius 1 is 1.53 bits per heavy atom. The topological polar surface area (TPSA) is 29.5 Å². The van der Waals surface area contributed by atoms with Crippen LogP contribution >= 0.6 is 0 Å². The standard InChI is InChI=1S/C13H16FNO2/c1-9-4-3-7-15(9)13(16)11-6-5-10(17-2)8-12(11)14/h5-6,8-9H,3-4,7H2,1-2H3. The number of halogens is 1. The molecule has 3 nitrogen and oxygen atoms in total. The Morgan fingerprint density at radius 3 is 2.82 bits per heavy atom. The lowest BCUT2D eigenvalue weighted by Gasteiger charge is -2.21. The predicted molar refractivity (Wildman–Crippen MR) is 62.7 cm³/mol. The lowest BCUT2D eigenvalue weighted by atomic mass is 10.1. The summed E-state index contributed by atoms with van der Waals surface area (Å²) in [4.78, 5) is 13.9. The molecular weight excluding hydrogens is 221 g/mol. The van der Waals surface area contributed by atoms with Gasteiger partial charge in [-0.3, -0.25) is 4.79 Å². The molecule has 4 heteroatoms. The first-order valence-corrected chi connectivity index (χ1v) is 5.78. The molecule has 1 heterocycles. The smallest absolute Gasteiger partial charge is 0.257 e. The van der Waals surface area contributed by atoms with Crippen molar-refractivity contribution in [2.24, 2.45) is 0 Å². The monoisotopic (exact) mass is 237 g/mol. The number of carbonyl (C=O) groups excluding carboxylic acids is 1. The van der Waals surface area contributed by atoms with E-state index in [2.05, 4.69) is 0 Å². The van der Waals surface area contributed by atoms with Crippen LogP contribution in [-0.4, -0.2) is 30.5 Å². The van der Waals surface area contributed by atoms with Crippen molar-refractivity contribution in [1.82, 2.24) is 4.90 Å². The van der Waals surface area contributed by atoms with Gasteiger partial charge in [-0.15, -0.1) is 0 Å². The Hall–Kier alpha value is -1.58. The second kappa shape index (κ2) is 4.73. The van der Waals surface area contributed by atoms with Gasteiger partial charge >= 0.3 is 0 Å². The summed E-state index contributed by atoms with van der Waals surface area (Å²) in [7, 11) is 1.47. The van der Waals surface area contributed by atoms with Crippen LogP contribution in [0.4, 0.5) is 4.39 Å². The van der Waals surface area contributed by atoms with Crippen LogP contribution in [0.25, 0.3) is 0 Å². The predicted octanol–water partition coefficient (Wildman–Crippen LogP) is 2.46. The first kappa shape index (κ1) is 11.9. The van der Waals surface area contributed by atoms with Crippen molar-refractivity contribution in [2.45, 2.75) is 25.8 Å². The Labute approximate surface area is 100 Å². The third kappa shape index (κ3) is 2.25. The number of methoxy groups -OCH3 is 1. The van der Waals surface area contributed by atoms with Gasteiger partial charge in [-0.05, 0) is 31.9 Å². The number of hydrogen-bond acceptors (Lipinski definition) is 2. The molecule has 17 heavy (non-hydrogen) atoms. The Balaban J connectivity index is 2.25. The van der Waals surface area contributed by atoms with Gasteiger partial charge in [0, 0.05) is 18.7 Å². The summed E-state index contributed by atoms with van der Waals surface area (Å²) in [5.74, 6) is -0.322. The number of rotatable bonds is 2. The molecule has 1 fully saturated rings. The van der Waals surface area contributed by atoms with E-state index in [1.54, 1.807) is 11.0 Å². The van der Waals surface area contributed by atoms with E-state index < -0.39 is 5.82 Å². The van der Waals surface area contributed by atoms with Crippen molar-refractivity contribution in [1.29, 1.82) is 0 Å². The number of likely N-dealkylation sites (tertiary alicyclic amines) is 1. The molecule has 2 rings (SSSR count). The van der Waals surface area contributed by atoms with Gasteiger partial charge in [0.15, 0.2) is 0 Å². The molecule has 1 amide bonds. The summed E-state index contributed by atoms with van der Waals surface area (Å²) in [6, 6.07) is 4.54. The summed E-state index contributed by atoms with van der Waals surface area (Å²) in [5.41, 5.74) is 0.125. The van der Waals surface area contributed by atoms with Crippen molar-refractivity contribution in [3.8, 4) is 5.75 Å². The van der Waals surface area contributed by atoms with Gasteiger partial charge in [-0.1, -0.05) is 0 Å². The highest BCUT2D eigenvalue weighted by Gasteiger charge is 2.27. The molecule has 1 atom stereocenters. The summed E-state index contributed by atoms with van der Waals surface area (Å²) >= 11 is 0. The van der Waals surface area contributed by atoms with E-state index in [9.17, 15) is 9.18 Å². The minimum atomic E-state index is -0.520. The van der Waals surface area contributed by atoms with Gasteiger partial charge in [0.25, 0.3) is 5.91 Å². The number of amides is 1. The summed E-state index contributed by atoms with van der Waals surface area (Å²) in [6.45, 7) is 2.71. The quantitative estimate of drug-likeness (QED) is 0.790. The average molecular weight is 237 g/mol. The zero-order valence-corrected chi connectivity index (χ0v) is 10.1. The van der Waals surface area contributed by atoms with E-state index in [1.165, 1.54) is 19.2 Å². The maximum atomic E-state index is 13.7. The molecule has 1 aliphatic rings. The molecular formula is C13H16FNO2. The van der Waals surface area contributed by atoms with Gasteiger partial charge in [-0.25, -0.2) is 4.39 Å². The van der Waals surface area contributed by atoms with Crippen LogP contribution in [0.2, 0.25) is 0 Å². The van der Waals surface area contributed by atoms with Crippen LogP contribution in [0.15, 0.2) is 18.2 Å². The van der Waals surface area contributed by atoms with E-state index in [-0.39, 0.29) is 17.5 Å². The van der Waals surface area contributed by atoms with Gasteiger partial charge in [0.2, 0.25) is 0 Å². The van der Waals surface area contributed by atoms with E-state index in [0.717, 1.165) is 12.8 Å². The molecule has 1 aliphatic heterocycles. The van der Waals surface area contributed by atoms with E-state index in [0.29, 0.717) is 12.3 Å². The van der Waals surface area contributed by atoms with Crippen molar-refractivity contribution in [3.63, 3.8) is 0 Å². The SMILES string of the molecule is COc1ccc(C(=O)N2CCCC2C)c(F)c1. The van der Waals surface area contributed by atoms with Crippen molar-refractivity contribution in [3.05, 3.63) is 29.6 Å². The Bertz CT molecular complexity index is 433. The number of benzene rings is 1. The summed E-state index contributed by atoms with van der Waals surface area (Å²) in [6.07, 6.45) is 1.98. The minimum absolute atomic E-state index is 0.125. The highest BCUT2D eigenvalue weighted by molar-refractivity contribution is 5.95. The minimum Gasteiger partial charge on any atom is -0.497 e. The molecule has 0 saturated carbocycles. The van der Waals surface area contributed by atoms with Crippen molar-refractivity contribution < 1.29 is 13.9 Å². The van der Waals surface area contributed by atoms with E-state index in [1.807, 2.05) is 6.92 Å². The first-order valence-electron chi connectivity index (χ1n) is 5.78. The third-order valence-corrected chi connectivity index (χ3v) is 3.22. The molecule has 1 aromatic carbocycles. The molecule has 0 bridgehead atoms. The fourth-order valence-electron chi connectivity index (χ4n) is 2.19. The Morgan fingerprint density at radius 2 is 2.29 bits per heavy atom. The molecule has 0 N–H and O–H groups in total.